The summed E-state index contributed by atoms with van der Waals surface area (Å²) in [4.78, 5) is 6.03. The van der Waals surface area contributed by atoms with Crippen molar-refractivity contribution >= 4 is 27.5 Å². The Hall–Kier alpha value is -1.68. The number of hydrogen-bond acceptors (Lipinski definition) is 4. The van der Waals surface area contributed by atoms with Crippen LogP contribution in [0.3, 0.4) is 0 Å². The molecule has 2 rings (SSSR count). The second-order valence-corrected chi connectivity index (χ2v) is 6.74. The first-order valence-corrected chi connectivity index (χ1v) is 7.86. The number of nitrogens with zero attached hydrogens (tertiary/aromatic N) is 1. The highest BCUT2D eigenvalue weighted by molar-refractivity contribution is 8.00. The summed E-state index contributed by atoms with van der Waals surface area (Å²) in [5.41, 5.74) is -4.65. The monoisotopic (exact) mass is 337 g/mol. The van der Waals surface area contributed by atoms with Crippen molar-refractivity contribution in [2.24, 2.45) is 0 Å². The van der Waals surface area contributed by atoms with Gasteiger partial charge in [-0.3, -0.25) is 4.72 Å². The number of thioether (sulfide) groups is 1. The average molecular weight is 337 g/mol. The number of nitrogens with one attached hydrogen (secondary N) is 2. The van der Waals surface area contributed by atoms with E-state index in [1.54, 1.807) is 6.92 Å². The fraction of sp³-hybridized carbons (Fsp3) is 0.182. The number of benzene rings is 1. The number of hydrogen-bond donors (Lipinski definition) is 2. The SMILES string of the molecule is Cc1ncc(S(=O)(=O)Nc2ccccc2SC(F)(F)F)[nH]1. The third-order valence-corrected chi connectivity index (χ3v) is 4.41. The minimum atomic E-state index is -4.51. The fourth-order valence-electron chi connectivity index (χ4n) is 1.50. The molecule has 1 heterocycles. The van der Waals surface area contributed by atoms with Crippen molar-refractivity contribution in [3.8, 4) is 0 Å². The first-order chi connectivity index (χ1) is 9.67. The summed E-state index contributed by atoms with van der Waals surface area (Å²) in [5.74, 6) is 0.383. The molecule has 0 bridgehead atoms. The van der Waals surface area contributed by atoms with E-state index in [9.17, 15) is 21.6 Å². The van der Waals surface area contributed by atoms with Gasteiger partial charge in [0.05, 0.1) is 11.9 Å². The highest BCUT2D eigenvalue weighted by atomic mass is 32.2. The number of aryl methyl sites for hydroxylation is 1. The summed E-state index contributed by atoms with van der Waals surface area (Å²) >= 11 is -0.384. The summed E-state index contributed by atoms with van der Waals surface area (Å²) in [6.45, 7) is 1.56. The van der Waals surface area contributed by atoms with Gasteiger partial charge in [-0.25, -0.2) is 4.98 Å². The van der Waals surface area contributed by atoms with Crippen LogP contribution in [-0.2, 0) is 10.0 Å². The number of H-pyrrole nitrogens is 1. The molecule has 0 aliphatic rings. The Morgan fingerprint density at radius 2 is 1.95 bits per heavy atom. The molecule has 1 aromatic carbocycles. The molecule has 0 atom stereocenters. The normalized spacial score (nSPS) is 12.4. The second kappa shape index (κ2) is 5.60. The van der Waals surface area contributed by atoms with E-state index in [0.29, 0.717) is 5.82 Å². The molecule has 0 radical (unpaired) electrons. The highest BCUT2D eigenvalue weighted by Crippen LogP contribution is 2.40. The number of halogens is 3. The van der Waals surface area contributed by atoms with Gasteiger partial charge >= 0.3 is 5.51 Å². The Labute approximate surface area is 123 Å². The van der Waals surface area contributed by atoms with Crippen LogP contribution in [0.15, 0.2) is 40.4 Å². The molecule has 21 heavy (non-hydrogen) atoms. The molecular formula is C11H10F3N3O2S2. The molecule has 10 heteroatoms. The topological polar surface area (TPSA) is 74.8 Å². The number of aromatic amines is 1. The maximum Gasteiger partial charge on any atom is 0.446 e. The van der Waals surface area contributed by atoms with E-state index in [-0.39, 0.29) is 27.4 Å². The third kappa shape index (κ3) is 4.14. The number of aromatic nitrogens is 2. The molecule has 2 N–H and O–H groups in total. The quantitative estimate of drug-likeness (QED) is 0.841. The fourth-order valence-corrected chi connectivity index (χ4v) is 3.24. The van der Waals surface area contributed by atoms with E-state index in [0.717, 1.165) is 6.20 Å². The van der Waals surface area contributed by atoms with Gasteiger partial charge in [-0.05, 0) is 30.8 Å². The van der Waals surface area contributed by atoms with Crippen LogP contribution in [0.25, 0.3) is 0 Å². The Balaban J connectivity index is 2.31. The smallest absolute Gasteiger partial charge is 0.332 e. The molecule has 0 aliphatic heterocycles. The lowest BCUT2D eigenvalue weighted by atomic mass is 10.3. The summed E-state index contributed by atoms with van der Waals surface area (Å²) in [6.07, 6.45) is 1.09. The molecule has 0 fully saturated rings. The second-order valence-electron chi connectivity index (χ2n) is 3.98. The zero-order valence-electron chi connectivity index (χ0n) is 10.6. The summed E-state index contributed by atoms with van der Waals surface area (Å²) in [7, 11) is -4.02. The summed E-state index contributed by atoms with van der Waals surface area (Å²) in [6, 6.07) is 5.28. The van der Waals surface area contributed by atoms with Gasteiger partial charge in [0.2, 0.25) is 0 Å². The van der Waals surface area contributed by atoms with Crippen molar-refractivity contribution in [1.29, 1.82) is 0 Å². The molecule has 5 nitrogen and oxygen atoms in total. The van der Waals surface area contributed by atoms with Gasteiger partial charge in [0.1, 0.15) is 5.82 Å². The van der Waals surface area contributed by atoms with E-state index in [4.69, 9.17) is 0 Å². The van der Waals surface area contributed by atoms with Crippen LogP contribution in [0, 0.1) is 6.92 Å². The van der Waals surface area contributed by atoms with Gasteiger partial charge in [0, 0.05) is 4.90 Å². The number of rotatable bonds is 4. The van der Waals surface area contributed by atoms with Crippen LogP contribution in [0.4, 0.5) is 18.9 Å². The Bertz CT molecular complexity index is 741. The molecule has 2 aromatic rings. The van der Waals surface area contributed by atoms with Crippen LogP contribution in [0.1, 0.15) is 5.82 Å². The van der Waals surface area contributed by atoms with Gasteiger partial charge in [-0.1, -0.05) is 12.1 Å². The van der Waals surface area contributed by atoms with Gasteiger partial charge in [-0.2, -0.15) is 21.6 Å². The Morgan fingerprint density at radius 3 is 2.52 bits per heavy atom. The van der Waals surface area contributed by atoms with Crippen molar-refractivity contribution in [2.45, 2.75) is 22.4 Å². The van der Waals surface area contributed by atoms with Crippen LogP contribution in [-0.4, -0.2) is 23.9 Å². The van der Waals surface area contributed by atoms with Gasteiger partial charge in [-0.15, -0.1) is 0 Å². The Morgan fingerprint density at radius 1 is 1.29 bits per heavy atom. The lowest BCUT2D eigenvalue weighted by molar-refractivity contribution is -0.0327. The zero-order valence-corrected chi connectivity index (χ0v) is 12.2. The zero-order chi connectivity index (χ0) is 15.7. The lowest BCUT2D eigenvalue weighted by Crippen LogP contribution is -2.14. The van der Waals surface area contributed by atoms with Gasteiger partial charge in [0.15, 0.2) is 5.03 Å². The van der Waals surface area contributed by atoms with Crippen molar-refractivity contribution < 1.29 is 21.6 Å². The highest BCUT2D eigenvalue weighted by Gasteiger charge is 2.31. The van der Waals surface area contributed by atoms with Crippen LogP contribution in [0.2, 0.25) is 0 Å². The van der Waals surface area contributed by atoms with Gasteiger partial charge < -0.3 is 4.98 Å². The molecule has 0 unspecified atom stereocenters. The van der Waals surface area contributed by atoms with Crippen LogP contribution < -0.4 is 4.72 Å². The standard InChI is InChI=1S/C11H10F3N3O2S2/c1-7-15-6-10(16-7)21(18,19)17-8-4-2-3-5-9(8)20-11(12,13)14/h2-6,17H,1H3,(H,15,16). The van der Waals surface area contributed by atoms with E-state index in [2.05, 4.69) is 14.7 Å². The third-order valence-electron chi connectivity index (χ3n) is 2.33. The number of anilines is 1. The van der Waals surface area contributed by atoms with Crippen molar-refractivity contribution in [3.63, 3.8) is 0 Å². The maximum atomic E-state index is 12.5. The van der Waals surface area contributed by atoms with E-state index >= 15 is 0 Å². The van der Waals surface area contributed by atoms with Crippen molar-refractivity contribution in [1.82, 2.24) is 9.97 Å². The first kappa shape index (κ1) is 15.7. The van der Waals surface area contributed by atoms with Crippen molar-refractivity contribution in [3.05, 3.63) is 36.3 Å². The summed E-state index contributed by atoms with van der Waals surface area (Å²) in [5, 5.41) is -0.216. The summed E-state index contributed by atoms with van der Waals surface area (Å²) < 4.78 is 63.6. The van der Waals surface area contributed by atoms with E-state index in [1.807, 2.05) is 0 Å². The van der Waals surface area contributed by atoms with E-state index < -0.39 is 15.5 Å². The molecular weight excluding hydrogens is 327 g/mol. The maximum absolute atomic E-state index is 12.5. The van der Waals surface area contributed by atoms with E-state index in [1.165, 1.54) is 24.3 Å². The average Bonchev–Trinajstić information content (AvgIpc) is 2.77. The van der Waals surface area contributed by atoms with Crippen LogP contribution >= 0.6 is 11.8 Å². The van der Waals surface area contributed by atoms with Crippen molar-refractivity contribution in [2.75, 3.05) is 4.72 Å². The minimum absolute atomic E-state index is 0.146. The first-order valence-electron chi connectivity index (χ1n) is 5.56. The van der Waals surface area contributed by atoms with Gasteiger partial charge in [0.25, 0.3) is 10.0 Å². The predicted molar refractivity (Wildman–Crippen MR) is 72.5 cm³/mol. The molecule has 0 amide bonds. The largest absolute Gasteiger partial charge is 0.446 e. The number of imidazole rings is 1. The molecule has 0 spiro atoms. The minimum Gasteiger partial charge on any atom is -0.332 e. The Kier molecular flexibility index (Phi) is 4.19. The predicted octanol–water partition coefficient (Wildman–Crippen LogP) is 3.13. The lowest BCUT2D eigenvalue weighted by Gasteiger charge is -2.12. The van der Waals surface area contributed by atoms with Crippen LogP contribution in [0.5, 0.6) is 0 Å². The molecule has 0 saturated heterocycles. The molecule has 114 valence electrons. The number of sulfonamides is 1. The molecule has 1 aromatic heterocycles. The number of para-hydroxylation sites is 1. The number of alkyl halides is 3. The molecule has 0 saturated carbocycles. The molecule has 0 aliphatic carbocycles.